The minimum absolute atomic E-state index is 0. The number of likely N-dealkylation sites (N-methyl/N-ethyl adjacent to an activating group) is 1. The molecule has 235 valence electrons. The largest absolute Gasteiger partial charge is 1.00 e. The number of amides is 1. The molecule has 0 bridgehead atoms. The van der Waals surface area contributed by atoms with Crippen molar-refractivity contribution in [2.75, 3.05) is 20.1 Å². The molecule has 3 aromatic rings. The number of halogens is 4. The number of hydrogen-bond donors (Lipinski definition) is 3. The number of aliphatic imine (C=N–C) groups is 1. The Kier molecular flexibility index (Phi) is 13.2. The van der Waals surface area contributed by atoms with Crippen molar-refractivity contribution < 1.29 is 35.8 Å². The quantitative estimate of drug-likeness (QED) is 0.279. The monoisotopic (exact) mass is 666 g/mol. The topological polar surface area (TPSA) is 137 Å². The summed E-state index contributed by atoms with van der Waals surface area (Å²) in [5, 5.41) is 34.7. The van der Waals surface area contributed by atoms with Gasteiger partial charge in [-0.05, 0) is 51.2 Å². The van der Waals surface area contributed by atoms with Gasteiger partial charge in [0.2, 0.25) is 0 Å². The molecule has 3 N–H and O–H groups in total. The standard InChI is InChI=1S/C29H31F2N7O3S.2ClH/c1-17(33-4)13-34-28(39)41-19(3)26-35-16-38(37-26)15-29(40,23-11-22(30)9-10-24(23)31)18(2)27-36-25(14-42-27)21-7-5-20(12-32)6-8-21;;/h5-11,14,16-19,33,40H,13,15H2,1-4H3,(H,34,39);2*1H/q+1;;/p-1/t17?,18-,19?,29+;;/m0../s1. The first kappa shape index (κ1) is 36.5. The van der Waals surface area contributed by atoms with Crippen LogP contribution in [0.25, 0.3) is 11.3 Å². The maximum absolute atomic E-state index is 15.1. The van der Waals surface area contributed by atoms with E-state index in [2.05, 4.69) is 31.8 Å². The number of nitrogens with one attached hydrogen (secondary N) is 2. The lowest BCUT2D eigenvalue weighted by Crippen LogP contribution is -3.00. The summed E-state index contributed by atoms with van der Waals surface area (Å²) in [6, 6.07) is 11.9. The van der Waals surface area contributed by atoms with E-state index in [4.69, 9.17) is 10.00 Å². The fourth-order valence-electron chi connectivity index (χ4n) is 4.24. The van der Waals surface area contributed by atoms with E-state index < -0.39 is 35.4 Å². The van der Waals surface area contributed by atoms with Gasteiger partial charge in [0.1, 0.15) is 23.8 Å². The number of aliphatic hydroxyl groups is 1. The molecule has 44 heavy (non-hydrogen) atoms. The summed E-state index contributed by atoms with van der Waals surface area (Å²) in [4.78, 5) is 21.0. The van der Waals surface area contributed by atoms with E-state index >= 15 is 4.39 Å². The van der Waals surface area contributed by atoms with Crippen LogP contribution in [0.2, 0.25) is 0 Å². The number of thiazole rings is 1. The second kappa shape index (κ2) is 15.9. The van der Waals surface area contributed by atoms with Crippen molar-refractivity contribution in [1.82, 2.24) is 25.6 Å². The van der Waals surface area contributed by atoms with E-state index in [9.17, 15) is 14.3 Å². The third kappa shape index (κ3) is 8.49. The van der Waals surface area contributed by atoms with Crippen molar-refractivity contribution in [2.24, 2.45) is 5.10 Å². The van der Waals surface area contributed by atoms with Gasteiger partial charge in [0.05, 0.1) is 22.3 Å². The van der Waals surface area contributed by atoms with Gasteiger partial charge in [-0.25, -0.2) is 18.6 Å². The highest BCUT2D eigenvalue weighted by Gasteiger charge is 2.46. The lowest BCUT2D eigenvalue weighted by Gasteiger charge is -2.33. The third-order valence-electron chi connectivity index (χ3n) is 6.96. The van der Waals surface area contributed by atoms with E-state index in [1.807, 2.05) is 6.92 Å². The van der Waals surface area contributed by atoms with Crippen LogP contribution in [-0.4, -0.2) is 65.6 Å². The smallest absolute Gasteiger partial charge is 0.408 e. The second-order valence-electron chi connectivity index (χ2n) is 9.95. The van der Waals surface area contributed by atoms with Crippen LogP contribution < -0.4 is 28.0 Å². The van der Waals surface area contributed by atoms with Gasteiger partial charge in [-0.15, -0.1) is 28.8 Å². The first-order valence-electron chi connectivity index (χ1n) is 13.2. The molecule has 0 aliphatic carbocycles. The fourth-order valence-corrected chi connectivity index (χ4v) is 5.21. The molecule has 2 heterocycles. The summed E-state index contributed by atoms with van der Waals surface area (Å²) < 4.78 is 34.8. The number of nitriles is 1. The summed E-state index contributed by atoms with van der Waals surface area (Å²) >= 11 is 1.26. The first-order chi connectivity index (χ1) is 20.0. The number of carbonyl (C=O) groups excluding carboxylic acids is 1. The molecule has 10 nitrogen and oxygen atoms in total. The maximum Gasteiger partial charge on any atom is 0.408 e. The zero-order valence-electron chi connectivity index (χ0n) is 24.3. The Morgan fingerprint density at radius 3 is 2.59 bits per heavy atom. The summed E-state index contributed by atoms with van der Waals surface area (Å²) in [5.74, 6) is -2.15. The van der Waals surface area contributed by atoms with Crippen LogP contribution in [0.15, 0.2) is 52.9 Å². The second-order valence-corrected chi connectivity index (χ2v) is 10.8. The van der Waals surface area contributed by atoms with Crippen molar-refractivity contribution in [3.05, 3.63) is 75.6 Å². The molecule has 2 aromatic carbocycles. The Labute approximate surface area is 270 Å². The molecule has 2 unspecified atom stereocenters. The maximum atomic E-state index is 15.1. The molecule has 0 saturated heterocycles. The van der Waals surface area contributed by atoms with Crippen LogP contribution in [0, 0.1) is 23.0 Å². The number of aromatic nitrogens is 1. The van der Waals surface area contributed by atoms with Gasteiger partial charge in [-0.2, -0.15) is 5.26 Å². The molecule has 0 saturated carbocycles. The van der Waals surface area contributed by atoms with Crippen molar-refractivity contribution >= 4 is 42.0 Å². The number of hydrazone groups is 1. The molecule has 4 atom stereocenters. The molecule has 1 aliphatic rings. The number of nitrogens with zero attached hydrogens (tertiary/aromatic N) is 5. The lowest BCUT2D eigenvalue weighted by molar-refractivity contribution is -0.00831. The van der Waals surface area contributed by atoms with Crippen molar-refractivity contribution in [3.8, 4) is 17.3 Å². The minimum atomic E-state index is -2.00. The Morgan fingerprint density at radius 1 is 1.23 bits per heavy atom. The van der Waals surface area contributed by atoms with E-state index in [-0.39, 0.29) is 48.8 Å². The number of ether oxygens (including phenoxy) is 1. The molecular formula is C29H32Cl2F2N7O3S. The molecule has 15 heteroatoms. The summed E-state index contributed by atoms with van der Waals surface area (Å²) in [7, 11) is 1.78. The molecule has 4 rings (SSSR count). The van der Waals surface area contributed by atoms with Gasteiger partial charge in [0.25, 0.3) is 6.34 Å². The molecule has 0 spiro atoms. The number of carbonyl (C=O) groups is 1. The van der Waals surface area contributed by atoms with E-state index in [0.29, 0.717) is 22.8 Å². The Balaban J connectivity index is 0.00000337. The van der Waals surface area contributed by atoms with Gasteiger partial charge in [-0.3, -0.25) is 0 Å². The van der Waals surface area contributed by atoms with Gasteiger partial charge in [0, 0.05) is 40.1 Å². The summed E-state index contributed by atoms with van der Waals surface area (Å²) in [6.45, 7) is 5.23. The average Bonchev–Trinajstić information content (AvgIpc) is 3.67. The van der Waals surface area contributed by atoms with Crippen LogP contribution >= 0.6 is 23.7 Å². The van der Waals surface area contributed by atoms with E-state index in [1.54, 1.807) is 50.5 Å². The number of benzene rings is 2. The highest BCUT2D eigenvalue weighted by Crippen LogP contribution is 2.41. The van der Waals surface area contributed by atoms with E-state index in [1.165, 1.54) is 22.7 Å². The predicted molar refractivity (Wildman–Crippen MR) is 163 cm³/mol. The zero-order valence-corrected chi connectivity index (χ0v) is 26.7. The molecule has 0 fully saturated rings. The highest BCUT2D eigenvalue weighted by molar-refractivity contribution is 7.10. The summed E-state index contributed by atoms with van der Waals surface area (Å²) in [5.41, 5.74) is -0.367. The van der Waals surface area contributed by atoms with E-state index in [0.717, 1.165) is 23.8 Å². The molecule has 1 aliphatic heterocycles. The fraction of sp³-hybridized carbons (Fsp3) is 0.345. The van der Waals surface area contributed by atoms with Crippen LogP contribution in [-0.2, 0) is 10.3 Å². The molecular weight excluding hydrogens is 635 g/mol. The van der Waals surface area contributed by atoms with Crippen LogP contribution in [0.5, 0.6) is 0 Å². The number of β-amino-alcohol motifs (C(OH)–C–C–N with tert-alkyl or cyclic N) is 1. The number of alkyl carbamates (subject to hydrolysis) is 1. The van der Waals surface area contributed by atoms with Crippen molar-refractivity contribution in [3.63, 3.8) is 0 Å². The number of amidine groups is 1. The molecule has 1 radical (unpaired) electrons. The van der Waals surface area contributed by atoms with Gasteiger partial charge >= 0.3 is 11.9 Å². The van der Waals surface area contributed by atoms with Gasteiger partial charge in [0.15, 0.2) is 6.10 Å². The first-order valence-corrected chi connectivity index (χ1v) is 14.1. The Morgan fingerprint density at radius 2 is 1.93 bits per heavy atom. The van der Waals surface area contributed by atoms with Crippen molar-refractivity contribution in [2.45, 2.75) is 44.4 Å². The zero-order chi connectivity index (χ0) is 30.4. The van der Waals surface area contributed by atoms with Gasteiger partial charge < -0.3 is 32.9 Å². The lowest BCUT2D eigenvalue weighted by atomic mass is 9.81. The van der Waals surface area contributed by atoms with Crippen molar-refractivity contribution in [1.29, 1.82) is 5.26 Å². The summed E-state index contributed by atoms with van der Waals surface area (Å²) in [6.07, 6.45) is -0.133. The molecule has 1 amide bonds. The SMILES string of the molecule is CNC(C)CNC(=O)OC(C)C1=NN(C[C@](O)(c2cc(F)ccc2F)[C@@H](C)c2nc(-c3ccc(C#N)cc3)cs2)C=[N+]1.Cl.[Cl-]. The number of rotatable bonds is 11. The third-order valence-corrected chi connectivity index (χ3v) is 7.99. The van der Waals surface area contributed by atoms with Gasteiger partial charge in [-0.1, -0.05) is 24.0 Å². The normalized spacial score (nSPS) is 15.5. The average molecular weight is 668 g/mol. The Bertz CT molecular complexity index is 1530. The van der Waals surface area contributed by atoms with Crippen LogP contribution in [0.4, 0.5) is 13.6 Å². The predicted octanol–water partition coefficient (Wildman–Crippen LogP) is 1.09. The van der Waals surface area contributed by atoms with Crippen LogP contribution in [0.3, 0.4) is 0 Å². The van der Waals surface area contributed by atoms with Crippen LogP contribution in [0.1, 0.15) is 42.8 Å². The Hall–Kier alpha value is -3.67. The minimum Gasteiger partial charge on any atom is -1.00 e. The number of hydrogen-bond acceptors (Lipinski definition) is 10. The molecule has 1 aromatic heterocycles. The highest BCUT2D eigenvalue weighted by atomic mass is 35.5.